The first-order chi connectivity index (χ1) is 9.59. The first-order valence-corrected chi connectivity index (χ1v) is 9.28. The predicted octanol–water partition coefficient (Wildman–Crippen LogP) is -2.97. The maximum absolute atomic E-state index is 2.56. The van der Waals surface area contributed by atoms with Gasteiger partial charge in [-0.2, -0.15) is 0 Å². The van der Waals surface area contributed by atoms with Gasteiger partial charge in [-0.25, -0.2) is 0 Å². The number of fused-ring (bicyclic) bond motifs is 1. The Morgan fingerprint density at radius 2 is 0.818 bits per heavy atom. The maximum Gasteiger partial charge on any atom is 0.0893 e. The fourth-order valence-electron chi connectivity index (χ4n) is 6.42. The second-order valence-electron chi connectivity index (χ2n) is 9.04. The number of quaternary nitrogens is 2. The monoisotopic (exact) mass is 532 g/mol. The molecule has 0 aromatic heterocycles. The number of rotatable bonds is 2. The van der Waals surface area contributed by atoms with Gasteiger partial charge >= 0.3 is 0 Å². The van der Waals surface area contributed by atoms with Crippen LogP contribution in [0.3, 0.4) is 0 Å². The summed E-state index contributed by atoms with van der Waals surface area (Å²) in [5, 5.41) is 0. The highest BCUT2D eigenvalue weighted by atomic mass is 127. The molecule has 2 saturated carbocycles. The standard InChI is InChI=1S/C18H34N2.2HI/c1-19(7-3-4-8-19)17-11-15-13-18(14-16(15)12-17)20(2)9-5-6-10-20;;/h15-18H,3-14H2,1-2H3;2*1H/q+2;;/p-2. The summed E-state index contributed by atoms with van der Waals surface area (Å²) >= 11 is 0. The van der Waals surface area contributed by atoms with Crippen LogP contribution in [0.25, 0.3) is 0 Å². The SMILES string of the molecule is C[N+]1(C2CC3CC([N+]4(C)CCCC4)CC3C2)CCCC1.[I-].[I-]. The van der Waals surface area contributed by atoms with Crippen molar-refractivity contribution in [3.63, 3.8) is 0 Å². The normalized spacial score (nSPS) is 41.7. The quantitative estimate of drug-likeness (QED) is 0.264. The van der Waals surface area contributed by atoms with E-state index in [-0.39, 0.29) is 48.0 Å². The molecule has 0 N–H and O–H groups in total. The molecule has 0 aromatic carbocycles. The van der Waals surface area contributed by atoms with Crippen LogP contribution in [0.15, 0.2) is 0 Å². The summed E-state index contributed by atoms with van der Waals surface area (Å²) in [6.45, 7) is 5.89. The molecule has 22 heavy (non-hydrogen) atoms. The summed E-state index contributed by atoms with van der Waals surface area (Å²) in [6, 6.07) is 2.05. The first-order valence-electron chi connectivity index (χ1n) is 9.28. The van der Waals surface area contributed by atoms with Crippen molar-refractivity contribution in [3.05, 3.63) is 0 Å². The minimum atomic E-state index is 0. The third-order valence-corrected chi connectivity index (χ3v) is 7.90. The van der Waals surface area contributed by atoms with Crippen LogP contribution in [-0.4, -0.2) is 61.3 Å². The topological polar surface area (TPSA) is 0 Å². The molecule has 2 aliphatic heterocycles. The van der Waals surface area contributed by atoms with Gasteiger partial charge in [0.25, 0.3) is 0 Å². The molecule has 0 bridgehead atoms. The van der Waals surface area contributed by atoms with E-state index >= 15 is 0 Å². The zero-order valence-corrected chi connectivity index (χ0v) is 18.8. The second-order valence-corrected chi connectivity index (χ2v) is 9.04. The Labute approximate surface area is 171 Å². The van der Waals surface area contributed by atoms with Crippen molar-refractivity contribution in [1.29, 1.82) is 0 Å². The van der Waals surface area contributed by atoms with E-state index in [1.54, 1.807) is 25.7 Å². The summed E-state index contributed by atoms with van der Waals surface area (Å²) in [5.74, 6) is 2.19. The van der Waals surface area contributed by atoms with E-state index in [9.17, 15) is 0 Å². The van der Waals surface area contributed by atoms with E-state index < -0.39 is 0 Å². The molecule has 0 spiro atoms. The highest BCUT2D eigenvalue weighted by Crippen LogP contribution is 2.50. The van der Waals surface area contributed by atoms with Gasteiger partial charge in [0.2, 0.25) is 0 Å². The van der Waals surface area contributed by atoms with Crippen LogP contribution in [0.4, 0.5) is 0 Å². The van der Waals surface area contributed by atoms with Gasteiger partial charge < -0.3 is 56.9 Å². The minimum Gasteiger partial charge on any atom is -1.00 e. The number of halogens is 2. The van der Waals surface area contributed by atoms with Crippen molar-refractivity contribution < 1.29 is 56.9 Å². The van der Waals surface area contributed by atoms with E-state index in [0.717, 1.165) is 23.9 Å². The van der Waals surface area contributed by atoms with Crippen molar-refractivity contribution in [3.8, 4) is 0 Å². The molecule has 4 heteroatoms. The molecule has 0 radical (unpaired) electrons. The highest BCUT2D eigenvalue weighted by Gasteiger charge is 2.53. The Morgan fingerprint density at radius 3 is 1.09 bits per heavy atom. The van der Waals surface area contributed by atoms with Gasteiger partial charge in [-0.05, 0) is 11.8 Å². The predicted molar refractivity (Wildman–Crippen MR) is 83.3 cm³/mol. The molecule has 4 rings (SSSR count). The molecule has 2 nitrogen and oxygen atoms in total. The first kappa shape index (κ1) is 19.7. The maximum atomic E-state index is 2.56. The molecule has 2 saturated heterocycles. The third-order valence-electron chi connectivity index (χ3n) is 7.90. The Kier molecular flexibility index (Phi) is 6.56. The van der Waals surface area contributed by atoms with E-state index in [1.165, 1.54) is 60.8 Å². The lowest BCUT2D eigenvalue weighted by Crippen LogP contribution is -3.00. The van der Waals surface area contributed by atoms with Gasteiger partial charge in [0.05, 0.1) is 52.4 Å². The van der Waals surface area contributed by atoms with Crippen LogP contribution >= 0.6 is 0 Å². The minimum absolute atomic E-state index is 0. The van der Waals surface area contributed by atoms with Gasteiger partial charge in [0.15, 0.2) is 0 Å². The van der Waals surface area contributed by atoms with Gasteiger partial charge in [-0.1, -0.05) is 0 Å². The zero-order valence-electron chi connectivity index (χ0n) is 14.4. The van der Waals surface area contributed by atoms with Gasteiger partial charge in [0, 0.05) is 51.4 Å². The lowest BCUT2D eigenvalue weighted by Gasteiger charge is -2.39. The summed E-state index contributed by atoms with van der Waals surface area (Å²) in [7, 11) is 5.12. The largest absolute Gasteiger partial charge is 1.00 e. The van der Waals surface area contributed by atoms with E-state index in [4.69, 9.17) is 0 Å². The van der Waals surface area contributed by atoms with Crippen molar-refractivity contribution in [2.75, 3.05) is 40.3 Å². The van der Waals surface area contributed by atoms with E-state index in [0.29, 0.717) is 0 Å². The molecule has 2 heterocycles. The van der Waals surface area contributed by atoms with Crippen LogP contribution < -0.4 is 48.0 Å². The van der Waals surface area contributed by atoms with Crippen LogP contribution in [0, 0.1) is 11.8 Å². The van der Waals surface area contributed by atoms with Crippen LogP contribution in [0.5, 0.6) is 0 Å². The van der Waals surface area contributed by atoms with Crippen molar-refractivity contribution in [2.45, 2.75) is 63.5 Å². The third kappa shape index (κ3) is 3.36. The molecule has 2 aliphatic carbocycles. The molecule has 0 unspecified atom stereocenters. The molecular formula is C18H34I2N2. The molecular weight excluding hydrogens is 498 g/mol. The average molecular weight is 532 g/mol. The smallest absolute Gasteiger partial charge is 0.0893 e. The van der Waals surface area contributed by atoms with Gasteiger partial charge in [0.1, 0.15) is 0 Å². The fourth-order valence-corrected chi connectivity index (χ4v) is 6.42. The fraction of sp³-hybridized carbons (Fsp3) is 1.00. The summed E-state index contributed by atoms with van der Waals surface area (Å²) in [4.78, 5) is 0. The number of hydrogen-bond donors (Lipinski definition) is 0. The Hall–Kier alpha value is 1.38. The van der Waals surface area contributed by atoms with E-state index in [1.807, 2.05) is 0 Å². The summed E-state index contributed by atoms with van der Waals surface area (Å²) in [5.41, 5.74) is 0. The van der Waals surface area contributed by atoms with E-state index in [2.05, 4.69) is 14.1 Å². The van der Waals surface area contributed by atoms with Crippen LogP contribution in [-0.2, 0) is 0 Å². The average Bonchev–Trinajstić information content (AvgIpc) is 3.10. The lowest BCUT2D eigenvalue weighted by atomic mass is 10.0. The Balaban J connectivity index is 0.000000882. The number of hydrogen-bond acceptors (Lipinski definition) is 0. The molecule has 0 amide bonds. The number of nitrogens with zero attached hydrogens (tertiary/aromatic N) is 2. The highest BCUT2D eigenvalue weighted by molar-refractivity contribution is 4.94. The van der Waals surface area contributed by atoms with Crippen LogP contribution in [0.2, 0.25) is 0 Å². The van der Waals surface area contributed by atoms with Crippen LogP contribution in [0.1, 0.15) is 51.4 Å². The summed E-state index contributed by atoms with van der Waals surface area (Å²) < 4.78 is 2.87. The summed E-state index contributed by atoms with van der Waals surface area (Å²) in [6.07, 6.45) is 12.2. The molecule has 0 aromatic rings. The Bertz CT molecular complexity index is 327. The van der Waals surface area contributed by atoms with Crippen molar-refractivity contribution >= 4 is 0 Å². The molecule has 130 valence electrons. The lowest BCUT2D eigenvalue weighted by molar-refractivity contribution is -0.925. The van der Waals surface area contributed by atoms with Crippen molar-refractivity contribution in [1.82, 2.24) is 0 Å². The zero-order chi connectivity index (χ0) is 13.8. The molecule has 4 aliphatic rings. The number of likely N-dealkylation sites (tertiary alicyclic amines) is 2. The Morgan fingerprint density at radius 1 is 0.545 bits per heavy atom. The van der Waals surface area contributed by atoms with Gasteiger partial charge in [-0.3, -0.25) is 0 Å². The molecule has 4 fully saturated rings. The van der Waals surface area contributed by atoms with Gasteiger partial charge in [-0.15, -0.1) is 0 Å². The second kappa shape index (κ2) is 7.32. The molecule has 0 atom stereocenters. The van der Waals surface area contributed by atoms with Crippen molar-refractivity contribution in [2.24, 2.45) is 11.8 Å².